The van der Waals surface area contributed by atoms with Gasteiger partial charge in [-0.15, -0.1) is 0 Å². The molecule has 1 atom stereocenters. The van der Waals surface area contributed by atoms with E-state index >= 15 is 0 Å². The lowest BCUT2D eigenvalue weighted by Crippen LogP contribution is -2.31. The lowest BCUT2D eigenvalue weighted by atomic mass is 10.0. The molecule has 0 aromatic carbocycles. The first-order chi connectivity index (χ1) is 8.25. The number of halogens is 2. The third kappa shape index (κ3) is 8.72. The Morgan fingerprint density at radius 2 is 1.94 bits per heavy atom. The van der Waals surface area contributed by atoms with Crippen LogP contribution < -0.4 is 0 Å². The smallest absolute Gasteiger partial charge is 0.317 e. The average molecular weight is 286 g/mol. The van der Waals surface area contributed by atoms with Crippen LogP contribution >= 0.6 is 8.25 Å². The Bertz CT molecular complexity index is 282. The van der Waals surface area contributed by atoms with Crippen molar-refractivity contribution in [2.75, 3.05) is 6.61 Å². The van der Waals surface area contributed by atoms with E-state index in [1.54, 1.807) is 0 Å². The van der Waals surface area contributed by atoms with E-state index in [0.29, 0.717) is 12.3 Å². The lowest BCUT2D eigenvalue weighted by Gasteiger charge is -2.14. The molecule has 0 amide bonds. The van der Waals surface area contributed by atoms with Crippen LogP contribution in [0.1, 0.15) is 46.0 Å². The molecule has 0 bridgehead atoms. The highest BCUT2D eigenvalue weighted by atomic mass is 31.1. The summed E-state index contributed by atoms with van der Waals surface area (Å²) in [6.45, 7) is 3.12. The number of unbranched alkanes of at least 4 members (excludes halogenated alkanes) is 2. The summed E-state index contributed by atoms with van der Waals surface area (Å²) in [6, 6.07) is 0. The second-order valence-corrected chi connectivity index (χ2v) is 5.50. The first-order valence-electron chi connectivity index (χ1n) is 6.02. The molecule has 1 unspecified atom stereocenters. The van der Waals surface area contributed by atoms with E-state index in [4.69, 9.17) is 4.89 Å². The van der Waals surface area contributed by atoms with Crippen molar-refractivity contribution < 1.29 is 27.6 Å². The summed E-state index contributed by atoms with van der Waals surface area (Å²) in [6.07, 6.45) is 2.23. The second-order valence-electron chi connectivity index (χ2n) is 4.68. The van der Waals surface area contributed by atoms with Gasteiger partial charge in [-0.1, -0.05) is 33.1 Å². The van der Waals surface area contributed by atoms with Crippen LogP contribution in [-0.4, -0.2) is 23.2 Å². The topological polar surface area (TPSA) is 63.6 Å². The summed E-state index contributed by atoms with van der Waals surface area (Å²) in [5.41, 5.74) is 0. The maximum absolute atomic E-state index is 13.3. The van der Waals surface area contributed by atoms with Gasteiger partial charge in [0.05, 0.1) is 0 Å². The highest BCUT2D eigenvalue weighted by Crippen LogP contribution is 2.25. The van der Waals surface area contributed by atoms with Crippen LogP contribution in [0.4, 0.5) is 8.78 Å². The van der Waals surface area contributed by atoms with E-state index in [9.17, 15) is 18.1 Å². The fraction of sp³-hybridized carbons (Fsp3) is 0.909. The highest BCUT2D eigenvalue weighted by molar-refractivity contribution is 7.32. The number of rotatable bonds is 10. The minimum absolute atomic E-state index is 0.264. The zero-order valence-electron chi connectivity index (χ0n) is 10.7. The van der Waals surface area contributed by atoms with Gasteiger partial charge in [-0.2, -0.15) is 8.78 Å². The van der Waals surface area contributed by atoms with Gasteiger partial charge in [-0.3, -0.25) is 9.36 Å². The molecule has 18 heavy (non-hydrogen) atoms. The maximum atomic E-state index is 13.3. The molecule has 0 aromatic heterocycles. The molecular formula is C11H21F2O4P. The van der Waals surface area contributed by atoms with E-state index < -0.39 is 33.0 Å². The summed E-state index contributed by atoms with van der Waals surface area (Å²) in [5.74, 6) is -4.35. The number of carbonyl (C=O) groups is 1. The van der Waals surface area contributed by atoms with E-state index in [-0.39, 0.29) is 6.42 Å². The summed E-state index contributed by atoms with van der Waals surface area (Å²) >= 11 is 0. The molecule has 0 aliphatic rings. The van der Waals surface area contributed by atoms with Gasteiger partial charge in [0.1, 0.15) is 6.61 Å². The molecule has 0 spiro atoms. The van der Waals surface area contributed by atoms with Crippen molar-refractivity contribution in [2.24, 2.45) is 5.92 Å². The summed E-state index contributed by atoms with van der Waals surface area (Å²) in [5, 5.41) is 0. The van der Waals surface area contributed by atoms with Crippen molar-refractivity contribution in [3.05, 3.63) is 0 Å². The largest absolute Gasteiger partial charge is 0.326 e. The Hall–Kier alpha value is -0.320. The molecule has 0 saturated heterocycles. The van der Waals surface area contributed by atoms with E-state index in [1.807, 2.05) is 0 Å². The van der Waals surface area contributed by atoms with Crippen LogP contribution in [0.2, 0.25) is 0 Å². The fourth-order valence-electron chi connectivity index (χ4n) is 1.45. The number of carbonyl (C=O) groups excluding carboxylic acids is 1. The quantitative estimate of drug-likeness (QED) is 0.495. The normalized spacial score (nSPS) is 13.9. The maximum Gasteiger partial charge on any atom is 0.317 e. The Kier molecular flexibility index (Phi) is 8.57. The zero-order valence-corrected chi connectivity index (χ0v) is 11.7. The Balaban J connectivity index is 3.84. The molecule has 0 saturated carbocycles. The Morgan fingerprint density at radius 3 is 2.44 bits per heavy atom. The van der Waals surface area contributed by atoms with Crippen LogP contribution in [0.25, 0.3) is 0 Å². The molecule has 0 radical (unpaired) electrons. The SMILES string of the molecule is CC(C)CCCCCC(F)(F)C(=O)CO[PH](=O)O. The molecule has 0 aliphatic carbocycles. The van der Waals surface area contributed by atoms with Crippen molar-refractivity contribution in [1.82, 2.24) is 0 Å². The van der Waals surface area contributed by atoms with Crippen LogP contribution in [0.15, 0.2) is 0 Å². The molecule has 0 rings (SSSR count). The Labute approximate surface area is 107 Å². The van der Waals surface area contributed by atoms with Crippen LogP contribution in [0.5, 0.6) is 0 Å². The van der Waals surface area contributed by atoms with Gasteiger partial charge in [0.2, 0.25) is 5.78 Å². The average Bonchev–Trinajstić information content (AvgIpc) is 2.24. The standard InChI is InChI=1S/C11H21F2O4P/c1-9(2)6-4-3-5-7-11(12,13)10(14)8-17-18(15)16/h9,18H,3-8H2,1-2H3,(H,15,16). The minimum Gasteiger partial charge on any atom is -0.326 e. The molecule has 108 valence electrons. The van der Waals surface area contributed by atoms with Crippen molar-refractivity contribution in [2.45, 2.75) is 51.9 Å². The first-order valence-corrected chi connectivity index (χ1v) is 7.29. The predicted octanol–water partition coefficient (Wildman–Crippen LogP) is 3.20. The Morgan fingerprint density at radius 1 is 1.33 bits per heavy atom. The lowest BCUT2D eigenvalue weighted by molar-refractivity contribution is -0.146. The number of Topliss-reactive ketones (excluding diaryl/α,β-unsaturated/α-hetero) is 1. The molecule has 4 nitrogen and oxygen atoms in total. The molecule has 1 N–H and O–H groups in total. The summed E-state index contributed by atoms with van der Waals surface area (Å²) in [7, 11) is -3.33. The zero-order chi connectivity index (χ0) is 14.2. The van der Waals surface area contributed by atoms with Crippen molar-refractivity contribution in [1.29, 1.82) is 0 Å². The third-order valence-electron chi connectivity index (χ3n) is 2.51. The van der Waals surface area contributed by atoms with E-state index in [2.05, 4.69) is 18.4 Å². The molecule has 0 heterocycles. The van der Waals surface area contributed by atoms with Crippen molar-refractivity contribution >= 4 is 14.0 Å². The molecule has 0 aromatic rings. The van der Waals surface area contributed by atoms with Gasteiger partial charge in [-0.25, -0.2) is 0 Å². The van der Waals surface area contributed by atoms with E-state index in [1.165, 1.54) is 0 Å². The van der Waals surface area contributed by atoms with Crippen molar-refractivity contribution in [3.8, 4) is 0 Å². The predicted molar refractivity (Wildman–Crippen MR) is 65.0 cm³/mol. The van der Waals surface area contributed by atoms with Gasteiger partial charge >= 0.3 is 14.2 Å². The van der Waals surface area contributed by atoms with Gasteiger partial charge in [-0.05, 0) is 12.3 Å². The second kappa shape index (κ2) is 8.73. The molecule has 0 fully saturated rings. The monoisotopic (exact) mass is 286 g/mol. The third-order valence-corrected chi connectivity index (χ3v) is 2.90. The molecule has 7 heteroatoms. The van der Waals surface area contributed by atoms with Crippen LogP contribution in [0.3, 0.4) is 0 Å². The molecular weight excluding hydrogens is 265 g/mol. The van der Waals surface area contributed by atoms with Gasteiger partial charge < -0.3 is 9.42 Å². The van der Waals surface area contributed by atoms with Gasteiger partial charge in [0.15, 0.2) is 0 Å². The first kappa shape index (κ1) is 17.7. The van der Waals surface area contributed by atoms with E-state index in [0.717, 1.165) is 12.8 Å². The number of ketones is 1. The van der Waals surface area contributed by atoms with Crippen LogP contribution in [0, 0.1) is 5.92 Å². The number of alkyl halides is 2. The molecule has 0 aliphatic heterocycles. The van der Waals surface area contributed by atoms with Gasteiger partial charge in [0, 0.05) is 6.42 Å². The summed E-state index contributed by atoms with van der Waals surface area (Å²) in [4.78, 5) is 19.3. The number of hydrogen-bond acceptors (Lipinski definition) is 3. The van der Waals surface area contributed by atoms with Crippen LogP contribution in [-0.2, 0) is 13.9 Å². The number of hydrogen-bond donors (Lipinski definition) is 1. The highest BCUT2D eigenvalue weighted by Gasteiger charge is 2.37. The fourth-order valence-corrected chi connectivity index (χ4v) is 1.70. The minimum atomic E-state index is -3.46. The van der Waals surface area contributed by atoms with Crippen molar-refractivity contribution in [3.63, 3.8) is 0 Å². The van der Waals surface area contributed by atoms with Gasteiger partial charge in [0.25, 0.3) is 0 Å². The summed E-state index contributed by atoms with van der Waals surface area (Å²) < 4.78 is 40.7.